The summed E-state index contributed by atoms with van der Waals surface area (Å²) in [4.78, 5) is 28.3. The fourth-order valence-electron chi connectivity index (χ4n) is 3.19. The number of hydrogen-bond acceptors (Lipinski definition) is 3. The Hall–Kier alpha value is -2.02. The highest BCUT2D eigenvalue weighted by atomic mass is 19.2. The largest absolute Gasteiger partial charge is 0.337 e. The van der Waals surface area contributed by atoms with Crippen LogP contribution in [0.4, 0.5) is 14.5 Å². The Kier molecular flexibility index (Phi) is 4.30. The van der Waals surface area contributed by atoms with Gasteiger partial charge in [0.1, 0.15) is 5.92 Å². The van der Waals surface area contributed by atoms with Crippen molar-refractivity contribution in [1.82, 2.24) is 10.2 Å². The molecule has 2 aliphatic heterocycles. The lowest BCUT2D eigenvalue weighted by atomic mass is 10.0. The first-order valence-electron chi connectivity index (χ1n) is 7.76. The average molecular weight is 323 g/mol. The molecule has 1 N–H and O–H groups in total. The number of carbonyl (C=O) groups excluding carboxylic acids is 2. The van der Waals surface area contributed by atoms with E-state index in [1.807, 2.05) is 6.92 Å². The van der Waals surface area contributed by atoms with Gasteiger partial charge in [0.25, 0.3) is 0 Å². The van der Waals surface area contributed by atoms with E-state index in [0.717, 1.165) is 12.1 Å². The number of benzene rings is 1. The molecule has 2 fully saturated rings. The van der Waals surface area contributed by atoms with Crippen LogP contribution in [0.1, 0.15) is 13.3 Å². The standard InChI is InChI=1S/C16H19F2N3O2/c1-10-9-19-5-7-20(10)15(22)12-4-6-21(16(12)23)11-2-3-13(17)14(18)8-11/h2-3,8,10,12,19H,4-7,9H2,1H3/t10-,12-/m0/s1. The van der Waals surface area contributed by atoms with E-state index in [-0.39, 0.29) is 23.5 Å². The molecule has 23 heavy (non-hydrogen) atoms. The Morgan fingerprint density at radius 3 is 2.74 bits per heavy atom. The van der Waals surface area contributed by atoms with Crippen LogP contribution in [0.2, 0.25) is 0 Å². The monoisotopic (exact) mass is 323 g/mol. The molecule has 2 heterocycles. The van der Waals surface area contributed by atoms with Crippen LogP contribution < -0.4 is 10.2 Å². The average Bonchev–Trinajstić information content (AvgIpc) is 2.91. The molecule has 7 heteroatoms. The first kappa shape index (κ1) is 15.9. The number of nitrogens with zero attached hydrogens (tertiary/aromatic N) is 2. The molecule has 0 bridgehead atoms. The number of halogens is 2. The summed E-state index contributed by atoms with van der Waals surface area (Å²) in [7, 11) is 0. The van der Waals surface area contributed by atoms with E-state index < -0.39 is 17.6 Å². The van der Waals surface area contributed by atoms with Gasteiger partial charge in [-0.1, -0.05) is 0 Å². The third-order valence-electron chi connectivity index (χ3n) is 4.50. The molecule has 124 valence electrons. The fraction of sp³-hybridized carbons (Fsp3) is 0.500. The first-order chi connectivity index (χ1) is 11.0. The second kappa shape index (κ2) is 6.23. The maximum Gasteiger partial charge on any atom is 0.239 e. The fourth-order valence-corrected chi connectivity index (χ4v) is 3.19. The van der Waals surface area contributed by atoms with Gasteiger partial charge in [0.2, 0.25) is 11.8 Å². The molecule has 3 rings (SSSR count). The van der Waals surface area contributed by atoms with Crippen LogP contribution in [0.15, 0.2) is 18.2 Å². The Morgan fingerprint density at radius 1 is 1.26 bits per heavy atom. The first-order valence-corrected chi connectivity index (χ1v) is 7.76. The van der Waals surface area contributed by atoms with Gasteiger partial charge >= 0.3 is 0 Å². The molecular weight excluding hydrogens is 304 g/mol. The van der Waals surface area contributed by atoms with Crippen molar-refractivity contribution in [3.63, 3.8) is 0 Å². The van der Waals surface area contributed by atoms with Gasteiger partial charge < -0.3 is 15.1 Å². The minimum absolute atomic E-state index is 0.0429. The molecule has 0 aliphatic carbocycles. The summed E-state index contributed by atoms with van der Waals surface area (Å²) in [6.45, 7) is 4.27. The maximum absolute atomic E-state index is 13.4. The van der Waals surface area contributed by atoms with Gasteiger partial charge in [-0.2, -0.15) is 0 Å². The Morgan fingerprint density at radius 2 is 2.04 bits per heavy atom. The topological polar surface area (TPSA) is 52.7 Å². The lowest BCUT2D eigenvalue weighted by Gasteiger charge is -2.35. The van der Waals surface area contributed by atoms with Gasteiger partial charge in [0.15, 0.2) is 11.6 Å². The van der Waals surface area contributed by atoms with Crippen molar-refractivity contribution < 1.29 is 18.4 Å². The Labute approximate surface area is 133 Å². The number of amides is 2. The summed E-state index contributed by atoms with van der Waals surface area (Å²) < 4.78 is 26.4. The van der Waals surface area contributed by atoms with Crippen LogP contribution in [0.5, 0.6) is 0 Å². The summed E-state index contributed by atoms with van der Waals surface area (Å²) in [5, 5.41) is 3.20. The highest BCUT2D eigenvalue weighted by molar-refractivity contribution is 6.09. The molecule has 0 radical (unpaired) electrons. The molecule has 0 aromatic heterocycles. The molecule has 0 saturated carbocycles. The smallest absolute Gasteiger partial charge is 0.239 e. The summed E-state index contributed by atoms with van der Waals surface area (Å²) in [6, 6.07) is 3.39. The minimum Gasteiger partial charge on any atom is -0.337 e. The molecule has 2 saturated heterocycles. The molecule has 2 atom stereocenters. The van der Waals surface area contributed by atoms with E-state index in [1.165, 1.54) is 11.0 Å². The van der Waals surface area contributed by atoms with Crippen LogP contribution in [-0.4, -0.2) is 48.9 Å². The molecule has 2 aliphatic rings. The quantitative estimate of drug-likeness (QED) is 0.831. The van der Waals surface area contributed by atoms with Crippen LogP contribution in [0.3, 0.4) is 0 Å². The number of anilines is 1. The van der Waals surface area contributed by atoms with Gasteiger partial charge in [-0.15, -0.1) is 0 Å². The van der Waals surface area contributed by atoms with E-state index >= 15 is 0 Å². The summed E-state index contributed by atoms with van der Waals surface area (Å²) in [6.07, 6.45) is 0.396. The summed E-state index contributed by atoms with van der Waals surface area (Å²) >= 11 is 0. The maximum atomic E-state index is 13.4. The van der Waals surface area contributed by atoms with E-state index in [4.69, 9.17) is 0 Å². The minimum atomic E-state index is -0.999. The van der Waals surface area contributed by atoms with E-state index in [0.29, 0.717) is 32.6 Å². The van der Waals surface area contributed by atoms with Gasteiger partial charge in [-0.25, -0.2) is 8.78 Å². The number of piperazine rings is 1. The normalized spacial score (nSPS) is 25.1. The van der Waals surface area contributed by atoms with Gasteiger partial charge in [0, 0.05) is 44.0 Å². The lowest BCUT2D eigenvalue weighted by molar-refractivity contribution is -0.142. The van der Waals surface area contributed by atoms with Crippen molar-refractivity contribution >= 4 is 17.5 Å². The Bertz CT molecular complexity index is 638. The molecular formula is C16H19F2N3O2. The van der Waals surface area contributed by atoms with Crippen LogP contribution in [0.25, 0.3) is 0 Å². The third kappa shape index (κ3) is 2.93. The lowest BCUT2D eigenvalue weighted by Crippen LogP contribution is -2.54. The Balaban J connectivity index is 1.75. The van der Waals surface area contributed by atoms with Gasteiger partial charge in [-0.05, 0) is 25.5 Å². The second-order valence-corrected chi connectivity index (χ2v) is 6.01. The predicted molar refractivity (Wildman–Crippen MR) is 80.9 cm³/mol. The predicted octanol–water partition coefficient (Wildman–Crippen LogP) is 1.14. The number of carbonyl (C=O) groups is 2. The SMILES string of the molecule is C[C@H]1CNCCN1C(=O)[C@@H]1CCN(c2ccc(F)c(F)c2)C1=O. The van der Waals surface area contributed by atoms with Crippen LogP contribution in [0, 0.1) is 17.6 Å². The van der Waals surface area contributed by atoms with Crippen molar-refractivity contribution in [2.45, 2.75) is 19.4 Å². The third-order valence-corrected chi connectivity index (χ3v) is 4.50. The van der Waals surface area contributed by atoms with E-state index in [1.54, 1.807) is 4.90 Å². The summed E-state index contributed by atoms with van der Waals surface area (Å²) in [5.41, 5.74) is 0.289. The molecule has 0 unspecified atom stereocenters. The molecule has 5 nitrogen and oxygen atoms in total. The van der Waals surface area contributed by atoms with Crippen LogP contribution in [-0.2, 0) is 9.59 Å². The molecule has 1 aromatic carbocycles. The van der Waals surface area contributed by atoms with E-state index in [9.17, 15) is 18.4 Å². The number of nitrogens with one attached hydrogen (secondary N) is 1. The van der Waals surface area contributed by atoms with Crippen molar-refractivity contribution in [3.05, 3.63) is 29.8 Å². The summed E-state index contributed by atoms with van der Waals surface area (Å²) in [5.74, 6) is -3.20. The molecule has 1 aromatic rings. The number of rotatable bonds is 2. The van der Waals surface area contributed by atoms with Crippen molar-refractivity contribution in [2.24, 2.45) is 5.92 Å². The van der Waals surface area contributed by atoms with Crippen molar-refractivity contribution in [1.29, 1.82) is 0 Å². The van der Waals surface area contributed by atoms with Gasteiger partial charge in [0.05, 0.1) is 0 Å². The molecule has 0 spiro atoms. The zero-order valence-corrected chi connectivity index (χ0v) is 12.9. The zero-order chi connectivity index (χ0) is 16.6. The highest BCUT2D eigenvalue weighted by Gasteiger charge is 2.41. The molecule has 2 amide bonds. The second-order valence-electron chi connectivity index (χ2n) is 6.01. The van der Waals surface area contributed by atoms with Gasteiger partial charge in [-0.3, -0.25) is 9.59 Å². The van der Waals surface area contributed by atoms with Crippen LogP contribution >= 0.6 is 0 Å². The highest BCUT2D eigenvalue weighted by Crippen LogP contribution is 2.28. The van der Waals surface area contributed by atoms with Crippen molar-refractivity contribution in [3.8, 4) is 0 Å². The number of hydrogen-bond donors (Lipinski definition) is 1. The van der Waals surface area contributed by atoms with Crippen molar-refractivity contribution in [2.75, 3.05) is 31.1 Å². The zero-order valence-electron chi connectivity index (χ0n) is 12.9. The van der Waals surface area contributed by atoms with E-state index in [2.05, 4.69) is 5.32 Å².